The van der Waals surface area contributed by atoms with Gasteiger partial charge < -0.3 is 24.1 Å². The molecule has 0 aliphatic carbocycles. The molecule has 0 amide bonds. The summed E-state index contributed by atoms with van der Waals surface area (Å²) in [5.41, 5.74) is 4.25. The lowest BCUT2D eigenvalue weighted by atomic mass is 10.1. The van der Waals surface area contributed by atoms with Crippen LogP contribution in [0.15, 0.2) is 36.2 Å². The molecule has 7 rings (SSSR count). The normalized spacial score (nSPS) is 18.7. The Morgan fingerprint density at radius 2 is 1.89 bits per heavy atom. The van der Waals surface area contributed by atoms with Gasteiger partial charge in [-0.15, -0.1) is 0 Å². The number of rotatable bonds is 5. The van der Waals surface area contributed by atoms with Crippen LogP contribution in [0.4, 0.5) is 10.2 Å². The van der Waals surface area contributed by atoms with Crippen molar-refractivity contribution in [1.82, 2.24) is 34.3 Å². The van der Waals surface area contributed by atoms with E-state index in [0.29, 0.717) is 37.7 Å². The molecule has 4 aromatic rings. The van der Waals surface area contributed by atoms with Gasteiger partial charge in [-0.1, -0.05) is 6.08 Å². The van der Waals surface area contributed by atoms with Crippen molar-refractivity contribution in [2.75, 3.05) is 57.4 Å². The van der Waals surface area contributed by atoms with Crippen molar-refractivity contribution in [3.8, 4) is 11.4 Å². The van der Waals surface area contributed by atoms with Crippen molar-refractivity contribution in [2.24, 2.45) is 0 Å². The van der Waals surface area contributed by atoms with E-state index in [1.165, 1.54) is 11.8 Å². The molecule has 0 saturated carbocycles. The van der Waals surface area contributed by atoms with Gasteiger partial charge in [-0.05, 0) is 31.5 Å². The zero-order valence-electron chi connectivity index (χ0n) is 21.1. The van der Waals surface area contributed by atoms with E-state index >= 15 is 4.39 Å². The molecular weight excluding hydrogens is 471 g/mol. The summed E-state index contributed by atoms with van der Waals surface area (Å²) in [4.78, 5) is 25.4. The summed E-state index contributed by atoms with van der Waals surface area (Å²) in [5, 5.41) is 0.776. The Balaban J connectivity index is 1.36. The number of hydrogen-bond acceptors (Lipinski definition) is 7. The van der Waals surface area contributed by atoms with E-state index in [1.54, 1.807) is 6.07 Å². The fourth-order valence-corrected chi connectivity index (χ4v) is 5.91. The molecule has 0 unspecified atom stereocenters. The van der Waals surface area contributed by atoms with Gasteiger partial charge in [-0.2, -0.15) is 0 Å². The molecule has 9 nitrogen and oxygen atoms in total. The lowest BCUT2D eigenvalue weighted by Gasteiger charge is -2.35. The van der Waals surface area contributed by atoms with Crippen molar-refractivity contribution >= 4 is 27.9 Å². The molecule has 2 fully saturated rings. The number of nitrogens with one attached hydrogen (secondary N) is 1. The number of piperazine rings is 1. The number of imidazole rings is 1. The number of fused-ring (bicyclic) bond motifs is 3. The molecule has 1 N–H and O–H groups in total. The average Bonchev–Trinajstić information content (AvgIpc) is 3.66. The quantitative estimate of drug-likeness (QED) is 0.448. The Bertz CT molecular complexity index is 1500. The lowest BCUT2D eigenvalue weighted by Crippen LogP contribution is -2.43. The van der Waals surface area contributed by atoms with Crippen LogP contribution in [0.2, 0.25) is 0 Å². The predicted octanol–water partition coefficient (Wildman–Crippen LogP) is 3.38. The maximum absolute atomic E-state index is 15.3. The lowest BCUT2D eigenvalue weighted by molar-refractivity contribution is 0.122. The molecule has 2 saturated heterocycles. The van der Waals surface area contributed by atoms with Crippen LogP contribution in [0.25, 0.3) is 33.5 Å². The van der Waals surface area contributed by atoms with Gasteiger partial charge in [-0.25, -0.2) is 19.3 Å². The Kier molecular flexibility index (Phi) is 5.58. The maximum atomic E-state index is 15.3. The summed E-state index contributed by atoms with van der Waals surface area (Å²) >= 11 is 0. The van der Waals surface area contributed by atoms with Crippen molar-refractivity contribution in [1.29, 1.82) is 0 Å². The van der Waals surface area contributed by atoms with Crippen LogP contribution in [0, 0.1) is 5.82 Å². The Hall–Kier alpha value is -3.50. The summed E-state index contributed by atoms with van der Waals surface area (Å²) in [6.45, 7) is 10.4. The first-order valence-electron chi connectivity index (χ1n) is 13.2. The van der Waals surface area contributed by atoms with Crippen LogP contribution in [-0.2, 0) is 17.8 Å². The van der Waals surface area contributed by atoms with Gasteiger partial charge in [-0.3, -0.25) is 4.90 Å². The highest BCUT2D eigenvalue weighted by Crippen LogP contribution is 2.34. The highest BCUT2D eigenvalue weighted by Gasteiger charge is 2.28. The van der Waals surface area contributed by atoms with Crippen LogP contribution in [0.1, 0.15) is 19.2 Å². The van der Waals surface area contributed by atoms with Gasteiger partial charge in [0.15, 0.2) is 22.8 Å². The standard InChI is InChI=1S/C27H31FN8O/c1-2-36-22(17-33-10-11-34-9-3-4-18(34)16-33)30-24-26(35-12-14-37-15-13-35)31-25(32-27(24)36)23-19-7-8-29-21(19)6-5-20(23)28/h4-8,29H,2-3,9-17H2,1H3. The van der Waals surface area contributed by atoms with E-state index in [2.05, 4.69) is 37.3 Å². The first-order chi connectivity index (χ1) is 18.2. The van der Waals surface area contributed by atoms with Crippen molar-refractivity contribution < 1.29 is 9.13 Å². The van der Waals surface area contributed by atoms with E-state index in [1.807, 2.05) is 12.3 Å². The molecule has 0 bridgehead atoms. The van der Waals surface area contributed by atoms with Crippen molar-refractivity contribution in [3.63, 3.8) is 0 Å². The van der Waals surface area contributed by atoms with E-state index in [9.17, 15) is 0 Å². The largest absolute Gasteiger partial charge is 0.378 e. The zero-order valence-corrected chi connectivity index (χ0v) is 21.1. The number of ether oxygens (including phenoxy) is 1. The Labute approximate surface area is 214 Å². The molecule has 1 aromatic carbocycles. The summed E-state index contributed by atoms with van der Waals surface area (Å²) < 4.78 is 23.1. The fourth-order valence-electron chi connectivity index (χ4n) is 5.91. The summed E-state index contributed by atoms with van der Waals surface area (Å²) in [6, 6.07) is 5.12. The van der Waals surface area contributed by atoms with Crippen LogP contribution < -0.4 is 4.90 Å². The first-order valence-corrected chi connectivity index (χ1v) is 13.2. The zero-order chi connectivity index (χ0) is 24.9. The molecule has 0 atom stereocenters. The number of H-pyrrole nitrogens is 1. The topological polar surface area (TPSA) is 78.3 Å². The van der Waals surface area contributed by atoms with Gasteiger partial charge in [0.2, 0.25) is 0 Å². The number of halogens is 1. The van der Waals surface area contributed by atoms with Crippen LogP contribution in [-0.4, -0.2) is 86.8 Å². The summed E-state index contributed by atoms with van der Waals surface area (Å²) in [6.07, 6.45) is 5.32. The molecule has 0 radical (unpaired) electrons. The minimum Gasteiger partial charge on any atom is -0.378 e. The summed E-state index contributed by atoms with van der Waals surface area (Å²) in [5.74, 6) is 1.80. The second-order valence-corrected chi connectivity index (χ2v) is 9.96. The van der Waals surface area contributed by atoms with Gasteiger partial charge in [0.05, 0.1) is 25.3 Å². The van der Waals surface area contributed by atoms with E-state index in [4.69, 9.17) is 19.7 Å². The average molecular weight is 503 g/mol. The molecule has 10 heteroatoms. The third-order valence-electron chi connectivity index (χ3n) is 7.81. The number of nitrogens with zero attached hydrogens (tertiary/aromatic N) is 7. The monoisotopic (exact) mass is 502 g/mol. The smallest absolute Gasteiger partial charge is 0.167 e. The van der Waals surface area contributed by atoms with Gasteiger partial charge in [0.1, 0.15) is 11.6 Å². The minimum absolute atomic E-state index is 0.329. The number of aromatic amines is 1. The van der Waals surface area contributed by atoms with Gasteiger partial charge >= 0.3 is 0 Å². The molecule has 37 heavy (non-hydrogen) atoms. The molecule has 6 heterocycles. The van der Waals surface area contributed by atoms with E-state index in [-0.39, 0.29) is 5.82 Å². The number of aryl methyl sites for hydroxylation is 1. The number of hydrogen-bond donors (Lipinski definition) is 1. The first kappa shape index (κ1) is 22.7. The Morgan fingerprint density at radius 3 is 2.76 bits per heavy atom. The van der Waals surface area contributed by atoms with Crippen LogP contribution in [0.3, 0.4) is 0 Å². The van der Waals surface area contributed by atoms with Crippen LogP contribution >= 0.6 is 0 Å². The molecule has 3 aromatic heterocycles. The predicted molar refractivity (Wildman–Crippen MR) is 141 cm³/mol. The van der Waals surface area contributed by atoms with Gasteiger partial charge in [0.25, 0.3) is 0 Å². The minimum atomic E-state index is -0.329. The van der Waals surface area contributed by atoms with Crippen LogP contribution in [0.5, 0.6) is 0 Å². The number of aromatic nitrogens is 5. The summed E-state index contributed by atoms with van der Waals surface area (Å²) in [7, 11) is 0. The third-order valence-corrected chi connectivity index (χ3v) is 7.81. The second-order valence-electron chi connectivity index (χ2n) is 9.96. The van der Waals surface area contributed by atoms with Crippen molar-refractivity contribution in [2.45, 2.75) is 26.4 Å². The third kappa shape index (κ3) is 3.86. The molecule has 0 spiro atoms. The molecule has 192 valence electrons. The molecular formula is C27H31FN8O. The number of benzene rings is 1. The fraction of sp³-hybridized carbons (Fsp3) is 0.444. The maximum Gasteiger partial charge on any atom is 0.167 e. The van der Waals surface area contributed by atoms with E-state index in [0.717, 1.165) is 79.4 Å². The van der Waals surface area contributed by atoms with E-state index < -0.39 is 0 Å². The van der Waals surface area contributed by atoms with Gasteiger partial charge in [0, 0.05) is 68.6 Å². The number of anilines is 1. The Morgan fingerprint density at radius 1 is 1.00 bits per heavy atom. The molecule has 3 aliphatic heterocycles. The highest BCUT2D eigenvalue weighted by molar-refractivity contribution is 5.95. The SMILES string of the molecule is CCn1c(CN2CCN3CCC=C3C2)nc2c(N3CCOCC3)nc(-c3c(F)ccc4[nH]ccc34)nc21. The van der Waals surface area contributed by atoms with Crippen molar-refractivity contribution in [3.05, 3.63) is 47.8 Å². The second kappa shape index (κ2) is 9.11. The highest BCUT2D eigenvalue weighted by atomic mass is 19.1. The number of morpholine rings is 1. The molecule has 3 aliphatic rings.